The van der Waals surface area contributed by atoms with Crippen molar-refractivity contribution >= 4 is 11.7 Å². The van der Waals surface area contributed by atoms with Crippen LogP contribution in [0.15, 0.2) is 48.8 Å². The lowest BCUT2D eigenvalue weighted by Gasteiger charge is -2.36. The Balaban J connectivity index is 1.50. The van der Waals surface area contributed by atoms with E-state index in [0.29, 0.717) is 6.54 Å². The minimum atomic E-state index is -0.0245. The van der Waals surface area contributed by atoms with Crippen LogP contribution in [0.4, 0.5) is 5.82 Å². The van der Waals surface area contributed by atoms with E-state index in [1.807, 2.05) is 56.6 Å². The second-order valence-electron chi connectivity index (χ2n) is 6.39. The molecule has 1 fully saturated rings. The molecule has 1 aliphatic rings. The van der Waals surface area contributed by atoms with E-state index >= 15 is 0 Å². The van der Waals surface area contributed by atoms with Crippen LogP contribution in [0.2, 0.25) is 0 Å². The van der Waals surface area contributed by atoms with E-state index in [9.17, 15) is 4.79 Å². The van der Waals surface area contributed by atoms with E-state index in [1.165, 1.54) is 0 Å². The van der Waals surface area contributed by atoms with Crippen molar-refractivity contribution in [2.24, 2.45) is 0 Å². The average molecular weight is 339 g/mol. The lowest BCUT2D eigenvalue weighted by atomic mass is 10.2. The highest BCUT2D eigenvalue weighted by Gasteiger charge is 2.23. The highest BCUT2D eigenvalue weighted by Crippen LogP contribution is 2.17. The van der Waals surface area contributed by atoms with Gasteiger partial charge in [-0.05, 0) is 31.2 Å². The Labute approximate surface area is 149 Å². The summed E-state index contributed by atoms with van der Waals surface area (Å²) in [5.74, 6) is 1.14. The van der Waals surface area contributed by atoms with Gasteiger partial charge in [0.15, 0.2) is 0 Å². The first-order valence-electron chi connectivity index (χ1n) is 8.70. The number of hydrogen-bond donors (Lipinski definition) is 0. The molecule has 25 heavy (non-hydrogen) atoms. The van der Waals surface area contributed by atoms with E-state index in [2.05, 4.69) is 19.8 Å². The number of pyridine rings is 2. The number of carbonyl (C=O) groups is 1. The number of likely N-dealkylation sites (N-methyl/N-ethyl adjacent to an activating group) is 1. The maximum Gasteiger partial charge on any atom is 0.237 e. The van der Waals surface area contributed by atoms with E-state index in [4.69, 9.17) is 0 Å². The monoisotopic (exact) mass is 339 g/mol. The maximum absolute atomic E-state index is 12.6. The molecule has 1 atom stereocenters. The molecule has 0 N–H and O–H groups in total. The molecule has 1 amide bonds. The van der Waals surface area contributed by atoms with Crippen LogP contribution in [0.5, 0.6) is 0 Å². The van der Waals surface area contributed by atoms with Gasteiger partial charge in [-0.2, -0.15) is 0 Å². The molecule has 1 aliphatic heterocycles. The molecule has 3 heterocycles. The van der Waals surface area contributed by atoms with Gasteiger partial charge in [0.2, 0.25) is 5.91 Å². The van der Waals surface area contributed by atoms with Crippen LogP contribution < -0.4 is 4.90 Å². The first-order valence-corrected chi connectivity index (χ1v) is 8.70. The fourth-order valence-electron chi connectivity index (χ4n) is 3.02. The molecule has 6 nitrogen and oxygen atoms in total. The lowest BCUT2D eigenvalue weighted by Crippen LogP contribution is -2.50. The van der Waals surface area contributed by atoms with Gasteiger partial charge in [0.05, 0.1) is 18.3 Å². The Hall–Kier alpha value is -2.47. The number of nitrogens with zero attached hydrogens (tertiary/aromatic N) is 5. The van der Waals surface area contributed by atoms with Crippen molar-refractivity contribution in [3.05, 3.63) is 54.5 Å². The minimum Gasteiger partial charge on any atom is -0.354 e. The molecule has 0 aliphatic carbocycles. The SMILES string of the molecule is C[C@@H](c1ccccn1)N(C)C(=O)CN1CCN(c2ccccn2)CC1. The van der Waals surface area contributed by atoms with E-state index in [0.717, 1.165) is 37.7 Å². The van der Waals surface area contributed by atoms with Crippen LogP contribution in [0.3, 0.4) is 0 Å². The molecule has 6 heteroatoms. The van der Waals surface area contributed by atoms with Crippen molar-refractivity contribution < 1.29 is 4.79 Å². The van der Waals surface area contributed by atoms with E-state index < -0.39 is 0 Å². The van der Waals surface area contributed by atoms with Crippen molar-refractivity contribution in [1.82, 2.24) is 19.8 Å². The Morgan fingerprint density at radius 3 is 2.36 bits per heavy atom. The molecule has 0 radical (unpaired) electrons. The number of rotatable bonds is 5. The molecule has 0 aromatic carbocycles. The van der Waals surface area contributed by atoms with Crippen molar-refractivity contribution in [2.45, 2.75) is 13.0 Å². The van der Waals surface area contributed by atoms with Crippen LogP contribution in [-0.2, 0) is 4.79 Å². The summed E-state index contributed by atoms with van der Waals surface area (Å²) in [5, 5.41) is 0. The number of anilines is 1. The van der Waals surface area contributed by atoms with Gasteiger partial charge in [0.1, 0.15) is 5.82 Å². The third kappa shape index (κ3) is 4.33. The van der Waals surface area contributed by atoms with Gasteiger partial charge in [-0.3, -0.25) is 14.7 Å². The van der Waals surface area contributed by atoms with Crippen molar-refractivity contribution in [1.29, 1.82) is 0 Å². The largest absolute Gasteiger partial charge is 0.354 e. The van der Waals surface area contributed by atoms with Gasteiger partial charge in [0, 0.05) is 45.6 Å². The smallest absolute Gasteiger partial charge is 0.237 e. The summed E-state index contributed by atoms with van der Waals surface area (Å²) >= 11 is 0. The van der Waals surface area contributed by atoms with Crippen molar-refractivity contribution in [3.63, 3.8) is 0 Å². The Morgan fingerprint density at radius 1 is 1.08 bits per heavy atom. The normalized spacial score (nSPS) is 16.5. The molecule has 2 aromatic rings. The van der Waals surface area contributed by atoms with Gasteiger partial charge >= 0.3 is 0 Å². The number of amides is 1. The molecule has 0 bridgehead atoms. The lowest BCUT2D eigenvalue weighted by molar-refractivity contribution is -0.133. The highest BCUT2D eigenvalue weighted by molar-refractivity contribution is 5.78. The quantitative estimate of drug-likeness (QED) is 0.832. The predicted molar refractivity (Wildman–Crippen MR) is 98.3 cm³/mol. The fraction of sp³-hybridized carbons (Fsp3) is 0.421. The third-order valence-corrected chi connectivity index (χ3v) is 4.79. The maximum atomic E-state index is 12.6. The Kier molecular flexibility index (Phi) is 5.60. The first kappa shape index (κ1) is 17.4. The molecular weight excluding hydrogens is 314 g/mol. The summed E-state index contributed by atoms with van der Waals surface area (Å²) < 4.78 is 0. The fourth-order valence-corrected chi connectivity index (χ4v) is 3.02. The van der Waals surface area contributed by atoms with E-state index in [1.54, 1.807) is 11.1 Å². The summed E-state index contributed by atoms with van der Waals surface area (Å²) in [4.78, 5) is 27.6. The topological polar surface area (TPSA) is 52.6 Å². The molecule has 0 spiro atoms. The summed E-state index contributed by atoms with van der Waals surface area (Å²) in [6.07, 6.45) is 3.58. The molecule has 3 rings (SSSR count). The predicted octanol–water partition coefficient (Wildman–Crippen LogP) is 1.82. The third-order valence-electron chi connectivity index (χ3n) is 4.79. The number of piperazine rings is 1. The summed E-state index contributed by atoms with van der Waals surface area (Å²) in [6, 6.07) is 11.7. The molecule has 0 saturated carbocycles. The zero-order valence-corrected chi connectivity index (χ0v) is 14.9. The second-order valence-corrected chi connectivity index (χ2v) is 6.39. The zero-order valence-electron chi connectivity index (χ0n) is 14.9. The minimum absolute atomic E-state index is 0.0245. The van der Waals surface area contributed by atoms with Crippen LogP contribution in [-0.4, -0.2) is 65.4 Å². The van der Waals surface area contributed by atoms with Crippen LogP contribution in [0.1, 0.15) is 18.7 Å². The van der Waals surface area contributed by atoms with Gasteiger partial charge in [0.25, 0.3) is 0 Å². The van der Waals surface area contributed by atoms with Gasteiger partial charge < -0.3 is 9.80 Å². The van der Waals surface area contributed by atoms with Crippen LogP contribution in [0, 0.1) is 0 Å². The van der Waals surface area contributed by atoms with Crippen molar-refractivity contribution in [3.8, 4) is 0 Å². The van der Waals surface area contributed by atoms with Crippen molar-refractivity contribution in [2.75, 3.05) is 44.7 Å². The second kappa shape index (κ2) is 8.07. The van der Waals surface area contributed by atoms with Crippen LogP contribution >= 0.6 is 0 Å². The summed E-state index contributed by atoms with van der Waals surface area (Å²) in [6.45, 7) is 5.98. The number of hydrogen-bond acceptors (Lipinski definition) is 5. The number of aromatic nitrogens is 2. The highest BCUT2D eigenvalue weighted by atomic mass is 16.2. The Morgan fingerprint density at radius 2 is 1.76 bits per heavy atom. The molecular formula is C19H25N5O. The average Bonchev–Trinajstić information content (AvgIpc) is 2.68. The van der Waals surface area contributed by atoms with Crippen LogP contribution in [0.25, 0.3) is 0 Å². The van der Waals surface area contributed by atoms with Gasteiger partial charge in [-0.1, -0.05) is 12.1 Å². The molecule has 1 saturated heterocycles. The summed E-state index contributed by atoms with van der Waals surface area (Å²) in [5.41, 5.74) is 0.915. The zero-order chi connectivity index (χ0) is 17.6. The number of carbonyl (C=O) groups excluding carboxylic acids is 1. The van der Waals surface area contributed by atoms with Gasteiger partial charge in [-0.15, -0.1) is 0 Å². The molecule has 132 valence electrons. The van der Waals surface area contributed by atoms with Gasteiger partial charge in [-0.25, -0.2) is 4.98 Å². The standard InChI is InChI=1S/C19H25N5O/c1-16(17-7-3-5-9-20-17)22(2)19(25)15-23-11-13-24(14-12-23)18-8-4-6-10-21-18/h3-10,16H,11-15H2,1-2H3/t16-/m0/s1. The first-order chi connectivity index (χ1) is 12.1. The molecule has 2 aromatic heterocycles. The van der Waals surface area contributed by atoms with E-state index in [-0.39, 0.29) is 11.9 Å². The molecule has 0 unspecified atom stereocenters. The summed E-state index contributed by atoms with van der Waals surface area (Å²) in [7, 11) is 1.85. The Bertz CT molecular complexity index is 671.